The van der Waals surface area contributed by atoms with Crippen LogP contribution < -0.4 is 4.90 Å². The van der Waals surface area contributed by atoms with Gasteiger partial charge in [-0.15, -0.1) is 0 Å². The fraction of sp³-hybridized carbons (Fsp3) is 0.333. The Morgan fingerprint density at radius 1 is 0.944 bits per heavy atom. The largest absolute Gasteiger partial charge is 0.379 e. The summed E-state index contributed by atoms with van der Waals surface area (Å²) in [6, 6.07) is 18.5. The summed E-state index contributed by atoms with van der Waals surface area (Å²) in [7, 11) is -4.07. The molecule has 0 aliphatic carbocycles. The van der Waals surface area contributed by atoms with Crippen LogP contribution in [-0.2, 0) is 24.3 Å². The summed E-state index contributed by atoms with van der Waals surface area (Å²) in [5.74, 6) is -0.922. The number of aryl methyl sites for hydroxylation is 1. The molecule has 0 radical (unpaired) electrons. The number of imide groups is 1. The number of amides is 2. The molecule has 36 heavy (non-hydrogen) atoms. The Labute approximate surface area is 211 Å². The van der Waals surface area contributed by atoms with E-state index in [0.29, 0.717) is 38.5 Å². The zero-order valence-electron chi connectivity index (χ0n) is 20.2. The minimum Gasteiger partial charge on any atom is -0.379 e. The van der Waals surface area contributed by atoms with Crippen molar-refractivity contribution in [2.24, 2.45) is 0 Å². The number of benzene rings is 3. The molecule has 2 amide bonds. The van der Waals surface area contributed by atoms with Gasteiger partial charge in [-0.05, 0) is 42.0 Å². The fourth-order valence-electron chi connectivity index (χ4n) is 4.78. The molecule has 3 aromatic rings. The lowest BCUT2D eigenvalue weighted by Crippen LogP contribution is -2.49. The molecule has 2 saturated heterocycles. The number of anilines is 1. The average Bonchev–Trinajstić information content (AvgIpc) is 3.18. The van der Waals surface area contributed by atoms with E-state index in [1.54, 1.807) is 30.3 Å². The maximum absolute atomic E-state index is 14.0. The van der Waals surface area contributed by atoms with Gasteiger partial charge in [0, 0.05) is 26.2 Å². The number of carbonyl (C=O) groups excluding carboxylic acids is 2. The molecule has 188 valence electrons. The number of fused-ring (bicyclic) bond motifs is 1. The first-order valence-corrected chi connectivity index (χ1v) is 13.5. The van der Waals surface area contributed by atoms with Crippen LogP contribution in [0, 0.1) is 6.92 Å². The van der Waals surface area contributed by atoms with Crippen molar-refractivity contribution in [3.63, 3.8) is 0 Å². The number of nitrogens with zero attached hydrogens (tertiary/aromatic N) is 3. The third-order valence-electron chi connectivity index (χ3n) is 6.83. The van der Waals surface area contributed by atoms with Crippen LogP contribution in [0.4, 0.5) is 5.69 Å². The van der Waals surface area contributed by atoms with Crippen molar-refractivity contribution in [1.29, 1.82) is 0 Å². The highest BCUT2D eigenvalue weighted by molar-refractivity contribution is 7.89. The van der Waals surface area contributed by atoms with Crippen molar-refractivity contribution < 1.29 is 22.7 Å². The van der Waals surface area contributed by atoms with Crippen molar-refractivity contribution in [2.45, 2.75) is 24.3 Å². The summed E-state index contributed by atoms with van der Waals surface area (Å²) in [6.45, 7) is 5.01. The molecule has 9 heteroatoms. The molecule has 0 bridgehead atoms. The molecule has 1 unspecified atom stereocenters. The molecule has 2 fully saturated rings. The predicted octanol–water partition coefficient (Wildman–Crippen LogP) is 2.80. The Bertz CT molecular complexity index is 1380. The first kappa shape index (κ1) is 24.6. The molecule has 8 nitrogen and oxygen atoms in total. The zero-order valence-corrected chi connectivity index (χ0v) is 21.0. The Kier molecular flexibility index (Phi) is 6.90. The quantitative estimate of drug-likeness (QED) is 0.457. The van der Waals surface area contributed by atoms with Crippen molar-refractivity contribution in [3.05, 3.63) is 72.3 Å². The van der Waals surface area contributed by atoms with E-state index < -0.39 is 27.9 Å². The van der Waals surface area contributed by atoms with Gasteiger partial charge < -0.3 is 4.74 Å². The van der Waals surface area contributed by atoms with E-state index in [-0.39, 0.29) is 17.9 Å². The van der Waals surface area contributed by atoms with Crippen LogP contribution in [0.25, 0.3) is 10.8 Å². The van der Waals surface area contributed by atoms with Gasteiger partial charge in [-0.3, -0.25) is 14.5 Å². The second kappa shape index (κ2) is 10.1. The monoisotopic (exact) mass is 507 g/mol. The van der Waals surface area contributed by atoms with E-state index in [4.69, 9.17) is 4.74 Å². The maximum atomic E-state index is 14.0. The lowest BCUT2D eigenvalue weighted by atomic mass is 10.1. The van der Waals surface area contributed by atoms with Gasteiger partial charge in [-0.2, -0.15) is 4.31 Å². The van der Waals surface area contributed by atoms with E-state index in [2.05, 4.69) is 4.90 Å². The van der Waals surface area contributed by atoms with Crippen LogP contribution in [0.3, 0.4) is 0 Å². The van der Waals surface area contributed by atoms with E-state index in [0.717, 1.165) is 21.2 Å². The molecule has 2 aliphatic rings. The van der Waals surface area contributed by atoms with E-state index in [1.807, 2.05) is 43.3 Å². The van der Waals surface area contributed by atoms with Crippen LogP contribution in [0.1, 0.15) is 12.0 Å². The minimum absolute atomic E-state index is 0.0978. The predicted molar refractivity (Wildman–Crippen MR) is 137 cm³/mol. The van der Waals surface area contributed by atoms with Gasteiger partial charge in [0.1, 0.15) is 6.04 Å². The summed E-state index contributed by atoms with van der Waals surface area (Å²) in [6.07, 6.45) is -0.192. The molecule has 3 aromatic carbocycles. The molecule has 2 aliphatic heterocycles. The summed E-state index contributed by atoms with van der Waals surface area (Å²) < 4.78 is 34.6. The molecule has 0 saturated carbocycles. The van der Waals surface area contributed by atoms with Crippen LogP contribution in [0.15, 0.2) is 71.6 Å². The van der Waals surface area contributed by atoms with Gasteiger partial charge in [0.2, 0.25) is 15.9 Å². The van der Waals surface area contributed by atoms with Crippen LogP contribution in [-0.4, -0.2) is 74.9 Å². The number of carbonyl (C=O) groups is 2. The normalized spacial score (nSPS) is 19.5. The van der Waals surface area contributed by atoms with Crippen LogP contribution in [0.2, 0.25) is 0 Å². The van der Waals surface area contributed by atoms with Crippen LogP contribution >= 0.6 is 0 Å². The molecule has 2 heterocycles. The fourth-order valence-corrected chi connectivity index (χ4v) is 6.39. The number of hydrogen-bond donors (Lipinski definition) is 0. The van der Waals surface area contributed by atoms with Gasteiger partial charge in [0.25, 0.3) is 5.91 Å². The van der Waals surface area contributed by atoms with Crippen molar-refractivity contribution in [2.75, 3.05) is 44.3 Å². The Balaban J connectivity index is 1.49. The van der Waals surface area contributed by atoms with E-state index in [1.165, 1.54) is 4.31 Å². The Morgan fingerprint density at radius 3 is 2.36 bits per heavy atom. The van der Waals surface area contributed by atoms with Crippen molar-refractivity contribution in [3.8, 4) is 0 Å². The van der Waals surface area contributed by atoms with Gasteiger partial charge in [0.15, 0.2) is 0 Å². The smallest absolute Gasteiger partial charge is 0.252 e. The average molecular weight is 508 g/mol. The summed E-state index contributed by atoms with van der Waals surface area (Å²) in [5.41, 5.74) is 1.45. The lowest BCUT2D eigenvalue weighted by Gasteiger charge is -2.31. The highest BCUT2D eigenvalue weighted by Crippen LogP contribution is 2.30. The first-order chi connectivity index (χ1) is 17.3. The molecule has 0 aromatic heterocycles. The molecule has 1 atom stereocenters. The lowest BCUT2D eigenvalue weighted by molar-refractivity contribution is -0.122. The highest BCUT2D eigenvalue weighted by atomic mass is 32.2. The van der Waals surface area contributed by atoms with Crippen LogP contribution in [0.5, 0.6) is 0 Å². The number of hydrogen-bond acceptors (Lipinski definition) is 6. The minimum atomic E-state index is -4.07. The third kappa shape index (κ3) is 4.79. The van der Waals surface area contributed by atoms with Gasteiger partial charge in [-0.1, -0.05) is 48.0 Å². The number of sulfonamides is 1. The number of morpholine rings is 1. The SMILES string of the molecule is Cc1ccc(N2C(=O)CC(N(CCN3CCOCC3)S(=O)(=O)c3ccc4ccccc4c3)C2=O)cc1. The zero-order chi connectivity index (χ0) is 25.3. The molecular formula is C27H29N3O5S. The van der Waals surface area contributed by atoms with Crippen molar-refractivity contribution in [1.82, 2.24) is 9.21 Å². The Morgan fingerprint density at radius 2 is 1.64 bits per heavy atom. The Hall–Kier alpha value is -3.11. The molecule has 5 rings (SSSR count). The molecule has 0 N–H and O–H groups in total. The van der Waals surface area contributed by atoms with Crippen molar-refractivity contribution >= 4 is 38.3 Å². The van der Waals surface area contributed by atoms with Gasteiger partial charge in [0.05, 0.1) is 30.2 Å². The molecule has 0 spiro atoms. The highest BCUT2D eigenvalue weighted by Gasteiger charge is 2.47. The van der Waals surface area contributed by atoms with Gasteiger partial charge >= 0.3 is 0 Å². The van der Waals surface area contributed by atoms with E-state index >= 15 is 0 Å². The second-order valence-electron chi connectivity index (χ2n) is 9.20. The second-order valence-corrected chi connectivity index (χ2v) is 11.1. The summed E-state index contributed by atoms with van der Waals surface area (Å²) in [5, 5.41) is 1.72. The summed E-state index contributed by atoms with van der Waals surface area (Å²) in [4.78, 5) is 29.9. The first-order valence-electron chi connectivity index (χ1n) is 12.1. The number of rotatable bonds is 7. The summed E-state index contributed by atoms with van der Waals surface area (Å²) >= 11 is 0. The standard InChI is InChI=1S/C27H29N3O5S/c1-20-6-9-23(10-7-20)30-26(31)19-25(27(30)32)29(13-12-28-14-16-35-17-15-28)36(33,34)24-11-8-21-4-2-3-5-22(21)18-24/h2-11,18,25H,12-17,19H2,1H3. The molecular weight excluding hydrogens is 478 g/mol. The van der Waals surface area contributed by atoms with Gasteiger partial charge in [-0.25, -0.2) is 13.3 Å². The third-order valence-corrected chi connectivity index (χ3v) is 8.73. The topological polar surface area (TPSA) is 87.2 Å². The number of ether oxygens (including phenoxy) is 1. The maximum Gasteiger partial charge on any atom is 0.252 e. The van der Waals surface area contributed by atoms with E-state index in [9.17, 15) is 18.0 Å².